The summed E-state index contributed by atoms with van der Waals surface area (Å²) in [5.41, 5.74) is 0. The highest BCUT2D eigenvalue weighted by atomic mass is 16.3. The van der Waals surface area contributed by atoms with Crippen LogP contribution in [-0.2, 0) is 0 Å². The summed E-state index contributed by atoms with van der Waals surface area (Å²) >= 11 is 0. The molecule has 0 bridgehead atoms. The number of amides is 1. The summed E-state index contributed by atoms with van der Waals surface area (Å²) < 4.78 is 4.95. The van der Waals surface area contributed by atoms with Gasteiger partial charge in [-0.05, 0) is 31.4 Å². The Hall–Kier alpha value is -1.29. The number of aliphatic hydroxyl groups is 1. The molecule has 1 aromatic rings. The van der Waals surface area contributed by atoms with Crippen molar-refractivity contribution in [3.05, 3.63) is 24.2 Å². The lowest BCUT2D eigenvalue weighted by atomic mass is 10.0. The Morgan fingerprint density at radius 2 is 2.33 bits per heavy atom. The molecular weight excluding hydrogens is 194 g/mol. The van der Waals surface area contributed by atoms with Gasteiger partial charge in [0, 0.05) is 6.54 Å². The molecule has 1 rings (SSSR count). The van der Waals surface area contributed by atoms with E-state index in [-0.39, 0.29) is 17.9 Å². The molecule has 2 atom stereocenters. The molecule has 1 aromatic heterocycles. The van der Waals surface area contributed by atoms with Crippen LogP contribution in [-0.4, -0.2) is 23.7 Å². The number of nitrogens with one attached hydrogen (secondary N) is 1. The van der Waals surface area contributed by atoms with Crippen molar-refractivity contribution >= 4 is 5.91 Å². The van der Waals surface area contributed by atoms with Crippen LogP contribution in [0.4, 0.5) is 0 Å². The van der Waals surface area contributed by atoms with E-state index < -0.39 is 0 Å². The van der Waals surface area contributed by atoms with Crippen LogP contribution in [0.25, 0.3) is 0 Å². The van der Waals surface area contributed by atoms with Crippen LogP contribution in [0.5, 0.6) is 0 Å². The maximum Gasteiger partial charge on any atom is 0.286 e. The third-order valence-electron chi connectivity index (χ3n) is 2.10. The van der Waals surface area contributed by atoms with Gasteiger partial charge in [-0.25, -0.2) is 0 Å². The van der Waals surface area contributed by atoms with Gasteiger partial charge in [0.2, 0.25) is 0 Å². The molecule has 84 valence electrons. The lowest BCUT2D eigenvalue weighted by molar-refractivity contribution is 0.0912. The first-order valence-electron chi connectivity index (χ1n) is 5.09. The van der Waals surface area contributed by atoms with Crippen molar-refractivity contribution in [3.8, 4) is 0 Å². The molecule has 4 heteroatoms. The van der Waals surface area contributed by atoms with Crippen LogP contribution in [0.2, 0.25) is 0 Å². The molecular formula is C11H17NO3. The Bertz CT molecular complexity index is 293. The minimum absolute atomic E-state index is 0.211. The second-order valence-electron chi connectivity index (χ2n) is 3.88. The second-order valence-corrected chi connectivity index (χ2v) is 3.88. The first-order chi connectivity index (χ1) is 7.09. The van der Waals surface area contributed by atoms with Crippen molar-refractivity contribution in [1.82, 2.24) is 5.32 Å². The highest BCUT2D eigenvalue weighted by molar-refractivity contribution is 5.91. The van der Waals surface area contributed by atoms with Crippen molar-refractivity contribution in [3.63, 3.8) is 0 Å². The number of aliphatic hydroxyl groups excluding tert-OH is 1. The lowest BCUT2D eigenvalue weighted by Gasteiger charge is -2.13. The third-order valence-corrected chi connectivity index (χ3v) is 2.10. The average Bonchev–Trinajstić information content (AvgIpc) is 2.65. The Morgan fingerprint density at radius 1 is 1.60 bits per heavy atom. The van der Waals surface area contributed by atoms with Gasteiger partial charge < -0.3 is 14.8 Å². The Kier molecular flexibility index (Phi) is 4.37. The molecule has 0 radical (unpaired) electrons. The van der Waals surface area contributed by atoms with Gasteiger partial charge in [0.05, 0.1) is 12.4 Å². The predicted octanol–water partition coefficient (Wildman–Crippen LogP) is 1.42. The standard InChI is InChI=1S/C11H17NO3/c1-8(6-9(2)13)7-12-11(14)10-4-3-5-15-10/h3-5,8-9,13H,6-7H2,1-2H3,(H,12,14). The summed E-state index contributed by atoms with van der Waals surface area (Å²) in [4.78, 5) is 11.4. The number of rotatable bonds is 5. The first-order valence-corrected chi connectivity index (χ1v) is 5.09. The van der Waals surface area contributed by atoms with E-state index >= 15 is 0 Å². The van der Waals surface area contributed by atoms with Gasteiger partial charge in [0.25, 0.3) is 5.91 Å². The molecule has 4 nitrogen and oxygen atoms in total. The molecule has 2 N–H and O–H groups in total. The van der Waals surface area contributed by atoms with Gasteiger partial charge in [-0.2, -0.15) is 0 Å². The quantitative estimate of drug-likeness (QED) is 0.774. The van der Waals surface area contributed by atoms with Crippen LogP contribution in [0.1, 0.15) is 30.8 Å². The van der Waals surface area contributed by atoms with E-state index in [9.17, 15) is 4.79 Å². The SMILES string of the molecule is CC(O)CC(C)CNC(=O)c1ccco1. The molecule has 0 aromatic carbocycles. The van der Waals surface area contributed by atoms with Gasteiger partial charge in [-0.3, -0.25) is 4.79 Å². The molecule has 2 unspecified atom stereocenters. The van der Waals surface area contributed by atoms with Crippen molar-refractivity contribution in [2.24, 2.45) is 5.92 Å². The van der Waals surface area contributed by atoms with E-state index in [1.54, 1.807) is 19.1 Å². The number of hydrogen-bond donors (Lipinski definition) is 2. The number of carbonyl (C=O) groups excluding carboxylic acids is 1. The van der Waals surface area contributed by atoms with Crippen molar-refractivity contribution in [1.29, 1.82) is 0 Å². The minimum atomic E-state index is -0.333. The monoisotopic (exact) mass is 211 g/mol. The van der Waals surface area contributed by atoms with Crippen molar-refractivity contribution < 1.29 is 14.3 Å². The van der Waals surface area contributed by atoms with Crippen LogP contribution in [0, 0.1) is 5.92 Å². The minimum Gasteiger partial charge on any atom is -0.459 e. The smallest absolute Gasteiger partial charge is 0.286 e. The number of furan rings is 1. The fourth-order valence-corrected chi connectivity index (χ4v) is 1.43. The van der Waals surface area contributed by atoms with E-state index in [0.29, 0.717) is 18.7 Å². The predicted molar refractivity (Wildman–Crippen MR) is 56.5 cm³/mol. The summed E-state index contributed by atoms with van der Waals surface area (Å²) in [5, 5.41) is 11.9. The van der Waals surface area contributed by atoms with Crippen LogP contribution in [0.15, 0.2) is 22.8 Å². The first kappa shape index (κ1) is 11.8. The van der Waals surface area contributed by atoms with Crippen LogP contribution in [0.3, 0.4) is 0 Å². The zero-order valence-electron chi connectivity index (χ0n) is 9.06. The molecule has 0 aliphatic heterocycles. The molecule has 0 spiro atoms. The van der Waals surface area contributed by atoms with Gasteiger partial charge in [-0.1, -0.05) is 6.92 Å². The summed E-state index contributed by atoms with van der Waals surface area (Å²) in [6.07, 6.45) is 1.81. The lowest BCUT2D eigenvalue weighted by Crippen LogP contribution is -2.29. The number of carbonyl (C=O) groups is 1. The van der Waals surface area contributed by atoms with Gasteiger partial charge in [-0.15, -0.1) is 0 Å². The molecule has 15 heavy (non-hydrogen) atoms. The molecule has 1 amide bonds. The normalized spacial score (nSPS) is 14.6. The maximum atomic E-state index is 11.4. The Morgan fingerprint density at radius 3 is 2.87 bits per heavy atom. The summed E-state index contributed by atoms with van der Waals surface area (Å²) in [7, 11) is 0. The molecule has 0 aliphatic rings. The fraction of sp³-hybridized carbons (Fsp3) is 0.545. The second kappa shape index (κ2) is 5.56. The highest BCUT2D eigenvalue weighted by Crippen LogP contribution is 2.05. The zero-order chi connectivity index (χ0) is 11.3. The van der Waals surface area contributed by atoms with Crippen LogP contribution < -0.4 is 5.32 Å². The molecule has 0 aliphatic carbocycles. The summed E-state index contributed by atoms with van der Waals surface area (Å²) in [5.74, 6) is 0.362. The maximum absolute atomic E-state index is 11.4. The van der Waals surface area contributed by atoms with Crippen molar-refractivity contribution in [2.45, 2.75) is 26.4 Å². The van der Waals surface area contributed by atoms with E-state index in [1.165, 1.54) is 6.26 Å². The highest BCUT2D eigenvalue weighted by Gasteiger charge is 2.11. The van der Waals surface area contributed by atoms with E-state index in [2.05, 4.69) is 5.32 Å². The Labute approximate surface area is 89.3 Å². The topological polar surface area (TPSA) is 62.5 Å². The largest absolute Gasteiger partial charge is 0.459 e. The van der Waals surface area contributed by atoms with Gasteiger partial charge in [0.15, 0.2) is 5.76 Å². The summed E-state index contributed by atoms with van der Waals surface area (Å²) in [6, 6.07) is 3.29. The zero-order valence-corrected chi connectivity index (χ0v) is 9.06. The van der Waals surface area contributed by atoms with E-state index in [4.69, 9.17) is 9.52 Å². The average molecular weight is 211 g/mol. The van der Waals surface area contributed by atoms with Gasteiger partial charge >= 0.3 is 0 Å². The Balaban J connectivity index is 2.28. The van der Waals surface area contributed by atoms with Gasteiger partial charge in [0.1, 0.15) is 0 Å². The molecule has 0 saturated heterocycles. The molecule has 0 saturated carbocycles. The van der Waals surface area contributed by atoms with Crippen LogP contribution >= 0.6 is 0 Å². The summed E-state index contributed by atoms with van der Waals surface area (Å²) in [6.45, 7) is 4.27. The third kappa shape index (κ3) is 4.16. The molecule has 0 fully saturated rings. The van der Waals surface area contributed by atoms with Crippen molar-refractivity contribution in [2.75, 3.05) is 6.54 Å². The number of hydrogen-bond acceptors (Lipinski definition) is 3. The van der Waals surface area contributed by atoms with E-state index in [1.807, 2.05) is 6.92 Å². The molecule has 1 heterocycles. The fourth-order valence-electron chi connectivity index (χ4n) is 1.43. The van der Waals surface area contributed by atoms with E-state index in [0.717, 1.165) is 0 Å².